The van der Waals surface area contributed by atoms with Gasteiger partial charge in [-0.25, -0.2) is 0 Å². The molecule has 1 fully saturated rings. The number of nitrogens with one attached hydrogen (secondary N) is 1. The third-order valence-corrected chi connectivity index (χ3v) is 4.84. The number of hydrogen-bond acceptors (Lipinski definition) is 2. The minimum atomic E-state index is -0.326. The second-order valence-electron chi connectivity index (χ2n) is 6.62. The van der Waals surface area contributed by atoms with Crippen LogP contribution in [0.5, 0.6) is 0 Å². The largest absolute Gasteiger partial charge is 0.394 e. The molecule has 0 aliphatic heterocycles. The SMILES string of the molecule is Cc1ccc(C(C)(CO)NC2CCCCCC2)cc1C. The van der Waals surface area contributed by atoms with Crippen molar-refractivity contribution in [2.75, 3.05) is 6.61 Å². The highest BCUT2D eigenvalue weighted by Crippen LogP contribution is 2.26. The van der Waals surface area contributed by atoms with Gasteiger partial charge in [0, 0.05) is 6.04 Å². The van der Waals surface area contributed by atoms with Gasteiger partial charge in [0.2, 0.25) is 0 Å². The molecule has 20 heavy (non-hydrogen) atoms. The highest BCUT2D eigenvalue weighted by Gasteiger charge is 2.29. The van der Waals surface area contributed by atoms with E-state index in [1.807, 2.05) is 0 Å². The lowest BCUT2D eigenvalue weighted by molar-refractivity contribution is 0.157. The summed E-state index contributed by atoms with van der Waals surface area (Å²) >= 11 is 0. The number of benzene rings is 1. The monoisotopic (exact) mass is 275 g/mol. The Morgan fingerprint density at radius 1 is 1.10 bits per heavy atom. The molecule has 2 rings (SSSR count). The number of rotatable bonds is 4. The Kier molecular flexibility index (Phi) is 5.22. The second kappa shape index (κ2) is 6.73. The number of aliphatic hydroxyl groups excluding tert-OH is 1. The molecule has 1 atom stereocenters. The topological polar surface area (TPSA) is 32.3 Å². The van der Waals surface area contributed by atoms with E-state index in [0.717, 1.165) is 0 Å². The fourth-order valence-corrected chi connectivity index (χ4v) is 3.18. The van der Waals surface area contributed by atoms with E-state index in [0.29, 0.717) is 6.04 Å². The van der Waals surface area contributed by atoms with Gasteiger partial charge in [-0.15, -0.1) is 0 Å². The molecule has 0 radical (unpaired) electrons. The van der Waals surface area contributed by atoms with Gasteiger partial charge in [-0.1, -0.05) is 43.9 Å². The van der Waals surface area contributed by atoms with Gasteiger partial charge in [-0.05, 0) is 50.3 Å². The summed E-state index contributed by atoms with van der Waals surface area (Å²) in [6.07, 6.45) is 7.81. The summed E-state index contributed by atoms with van der Waals surface area (Å²) in [6, 6.07) is 7.07. The van der Waals surface area contributed by atoms with Crippen molar-refractivity contribution in [3.63, 3.8) is 0 Å². The lowest BCUT2D eigenvalue weighted by atomic mass is 9.89. The fourth-order valence-electron chi connectivity index (χ4n) is 3.18. The van der Waals surface area contributed by atoms with Gasteiger partial charge in [0.25, 0.3) is 0 Å². The predicted octanol–water partition coefficient (Wildman–Crippen LogP) is 3.82. The highest BCUT2D eigenvalue weighted by atomic mass is 16.3. The van der Waals surface area contributed by atoms with Gasteiger partial charge in [-0.3, -0.25) is 0 Å². The van der Waals surface area contributed by atoms with Crippen molar-refractivity contribution in [2.45, 2.75) is 70.9 Å². The summed E-state index contributed by atoms with van der Waals surface area (Å²) < 4.78 is 0. The van der Waals surface area contributed by atoms with Crippen molar-refractivity contribution in [3.05, 3.63) is 34.9 Å². The molecule has 1 saturated carbocycles. The zero-order chi connectivity index (χ0) is 14.6. The standard InChI is InChI=1S/C18H29NO/c1-14-10-11-16(12-15(14)2)18(3,13-20)19-17-8-6-4-5-7-9-17/h10-12,17,19-20H,4-9,13H2,1-3H3. The second-order valence-corrected chi connectivity index (χ2v) is 6.62. The van der Waals surface area contributed by atoms with E-state index in [-0.39, 0.29) is 12.1 Å². The Hall–Kier alpha value is -0.860. The summed E-state index contributed by atoms with van der Waals surface area (Å²) in [7, 11) is 0. The Morgan fingerprint density at radius 3 is 2.30 bits per heavy atom. The first-order valence-corrected chi connectivity index (χ1v) is 8.01. The molecule has 1 aliphatic rings. The summed E-state index contributed by atoms with van der Waals surface area (Å²) in [5.41, 5.74) is 3.48. The summed E-state index contributed by atoms with van der Waals surface area (Å²) in [4.78, 5) is 0. The van der Waals surface area contributed by atoms with E-state index >= 15 is 0 Å². The van der Waals surface area contributed by atoms with Crippen LogP contribution in [0.15, 0.2) is 18.2 Å². The number of hydrogen-bond donors (Lipinski definition) is 2. The fraction of sp³-hybridized carbons (Fsp3) is 0.667. The van der Waals surface area contributed by atoms with Crippen molar-refractivity contribution < 1.29 is 5.11 Å². The molecule has 1 aliphatic carbocycles. The average Bonchev–Trinajstić information content (AvgIpc) is 2.70. The van der Waals surface area contributed by atoms with E-state index in [9.17, 15) is 5.11 Å². The van der Waals surface area contributed by atoms with Crippen molar-refractivity contribution in [2.24, 2.45) is 0 Å². The summed E-state index contributed by atoms with van der Waals surface area (Å²) in [6.45, 7) is 6.55. The predicted molar refractivity (Wildman–Crippen MR) is 85.0 cm³/mol. The maximum Gasteiger partial charge on any atom is 0.0652 e. The van der Waals surface area contributed by atoms with E-state index in [4.69, 9.17) is 0 Å². The summed E-state index contributed by atoms with van der Waals surface area (Å²) in [5, 5.41) is 13.7. The van der Waals surface area contributed by atoms with E-state index in [1.165, 1.54) is 55.2 Å². The van der Waals surface area contributed by atoms with E-state index in [2.05, 4.69) is 44.3 Å². The van der Waals surface area contributed by atoms with Crippen LogP contribution >= 0.6 is 0 Å². The van der Waals surface area contributed by atoms with Crippen LogP contribution < -0.4 is 5.32 Å². The summed E-state index contributed by atoms with van der Waals surface area (Å²) in [5.74, 6) is 0. The van der Waals surface area contributed by atoms with Crippen LogP contribution in [-0.2, 0) is 5.54 Å². The van der Waals surface area contributed by atoms with Gasteiger partial charge < -0.3 is 10.4 Å². The molecular formula is C18H29NO. The highest BCUT2D eigenvalue weighted by molar-refractivity contribution is 5.34. The third kappa shape index (κ3) is 3.62. The molecule has 0 saturated heterocycles. The Morgan fingerprint density at radius 2 is 1.75 bits per heavy atom. The van der Waals surface area contributed by atoms with Gasteiger partial charge in [0.1, 0.15) is 0 Å². The molecule has 0 spiro atoms. The molecule has 2 nitrogen and oxygen atoms in total. The van der Waals surface area contributed by atoms with Crippen LogP contribution in [0.2, 0.25) is 0 Å². The minimum Gasteiger partial charge on any atom is -0.394 e. The molecule has 112 valence electrons. The van der Waals surface area contributed by atoms with Crippen LogP contribution in [0, 0.1) is 13.8 Å². The molecule has 1 unspecified atom stereocenters. The third-order valence-electron chi connectivity index (χ3n) is 4.84. The zero-order valence-corrected chi connectivity index (χ0v) is 13.2. The first-order valence-electron chi connectivity index (χ1n) is 8.01. The Labute approximate surface area is 123 Å². The molecule has 1 aromatic rings. The lowest BCUT2D eigenvalue weighted by Gasteiger charge is -2.34. The average molecular weight is 275 g/mol. The maximum absolute atomic E-state index is 9.94. The lowest BCUT2D eigenvalue weighted by Crippen LogP contribution is -2.48. The van der Waals surface area contributed by atoms with Gasteiger partial charge in [0.05, 0.1) is 12.1 Å². The molecule has 2 N–H and O–H groups in total. The number of aryl methyl sites for hydroxylation is 2. The first kappa shape index (κ1) is 15.5. The number of aliphatic hydroxyl groups is 1. The van der Waals surface area contributed by atoms with Crippen LogP contribution in [0.25, 0.3) is 0 Å². The molecule has 0 bridgehead atoms. The van der Waals surface area contributed by atoms with Gasteiger partial charge in [0.15, 0.2) is 0 Å². The van der Waals surface area contributed by atoms with Crippen LogP contribution in [0.4, 0.5) is 0 Å². The Bertz CT molecular complexity index is 435. The van der Waals surface area contributed by atoms with Gasteiger partial charge in [-0.2, -0.15) is 0 Å². The smallest absolute Gasteiger partial charge is 0.0652 e. The van der Waals surface area contributed by atoms with Crippen molar-refractivity contribution in [1.29, 1.82) is 0 Å². The van der Waals surface area contributed by atoms with Gasteiger partial charge >= 0.3 is 0 Å². The van der Waals surface area contributed by atoms with E-state index < -0.39 is 0 Å². The Balaban J connectivity index is 2.16. The molecule has 1 aromatic carbocycles. The normalized spacial score (nSPS) is 20.4. The van der Waals surface area contributed by atoms with Crippen molar-refractivity contribution in [1.82, 2.24) is 5.32 Å². The zero-order valence-electron chi connectivity index (χ0n) is 13.2. The van der Waals surface area contributed by atoms with Crippen molar-refractivity contribution in [3.8, 4) is 0 Å². The molecule has 0 aromatic heterocycles. The molecular weight excluding hydrogens is 246 g/mol. The van der Waals surface area contributed by atoms with Crippen LogP contribution in [-0.4, -0.2) is 17.8 Å². The van der Waals surface area contributed by atoms with Crippen molar-refractivity contribution >= 4 is 0 Å². The first-order chi connectivity index (χ1) is 9.55. The van der Waals surface area contributed by atoms with E-state index in [1.54, 1.807) is 0 Å². The minimum absolute atomic E-state index is 0.145. The maximum atomic E-state index is 9.94. The molecule has 0 heterocycles. The van der Waals surface area contributed by atoms with Crippen LogP contribution in [0.3, 0.4) is 0 Å². The molecule has 0 amide bonds. The quantitative estimate of drug-likeness (QED) is 0.819. The molecule has 2 heteroatoms. The van der Waals surface area contributed by atoms with Crippen LogP contribution in [0.1, 0.15) is 62.1 Å².